The molecule has 1 N–H and O–H groups in total. The maximum Gasteiger partial charge on any atom is 0.306 e. The van der Waals surface area contributed by atoms with Gasteiger partial charge in [0.25, 0.3) is 0 Å². The van der Waals surface area contributed by atoms with E-state index in [1.54, 1.807) is 0 Å². The predicted molar refractivity (Wildman–Crippen MR) is 122 cm³/mol. The number of aliphatic hydroxyl groups excluding tert-OH is 1. The molecule has 0 heterocycles. The van der Waals surface area contributed by atoms with Crippen molar-refractivity contribution in [2.75, 3.05) is 19.8 Å². The molecule has 0 amide bonds. The monoisotopic (exact) mass is 414 g/mol. The summed E-state index contributed by atoms with van der Waals surface area (Å²) in [4.78, 5) is 11.8. The third kappa shape index (κ3) is 21.9. The van der Waals surface area contributed by atoms with Gasteiger partial charge in [0.05, 0.1) is 13.2 Å². The summed E-state index contributed by atoms with van der Waals surface area (Å²) >= 11 is 0. The van der Waals surface area contributed by atoms with E-state index in [2.05, 4.69) is 13.8 Å². The number of carbonyl (C=O) groups is 1. The second-order valence-corrected chi connectivity index (χ2v) is 8.42. The zero-order chi connectivity index (χ0) is 21.4. The summed E-state index contributed by atoms with van der Waals surface area (Å²) in [6.45, 7) is 5.26. The van der Waals surface area contributed by atoms with E-state index in [9.17, 15) is 9.90 Å². The van der Waals surface area contributed by atoms with Crippen LogP contribution >= 0.6 is 0 Å². The van der Waals surface area contributed by atoms with Crippen LogP contribution in [0.3, 0.4) is 0 Å². The Morgan fingerprint density at radius 3 is 1.62 bits per heavy atom. The van der Waals surface area contributed by atoms with Crippen molar-refractivity contribution in [1.29, 1.82) is 0 Å². The molecule has 0 saturated heterocycles. The van der Waals surface area contributed by atoms with E-state index in [1.807, 2.05) is 0 Å². The Bertz CT molecular complexity index is 333. The smallest absolute Gasteiger partial charge is 0.306 e. The Labute approximate surface area is 181 Å². The van der Waals surface area contributed by atoms with E-state index in [0.717, 1.165) is 19.3 Å². The molecule has 174 valence electrons. The molecular weight excluding hydrogens is 364 g/mol. The third-order valence-corrected chi connectivity index (χ3v) is 5.43. The maximum atomic E-state index is 11.8. The Balaban J connectivity index is 3.39. The van der Waals surface area contributed by atoms with E-state index in [0.29, 0.717) is 19.6 Å². The molecule has 4 nitrogen and oxygen atoms in total. The van der Waals surface area contributed by atoms with Gasteiger partial charge in [0.15, 0.2) is 0 Å². The van der Waals surface area contributed by atoms with Crippen molar-refractivity contribution in [3.05, 3.63) is 0 Å². The van der Waals surface area contributed by atoms with E-state index >= 15 is 0 Å². The fourth-order valence-electron chi connectivity index (χ4n) is 3.50. The number of esters is 1. The average molecular weight is 415 g/mol. The molecule has 0 fully saturated rings. The van der Waals surface area contributed by atoms with Gasteiger partial charge >= 0.3 is 5.97 Å². The Morgan fingerprint density at radius 2 is 1.14 bits per heavy atom. The fraction of sp³-hybridized carbons (Fsp3) is 0.960. The second-order valence-electron chi connectivity index (χ2n) is 8.42. The predicted octanol–water partition coefficient (Wildman–Crippen LogP) is 6.97. The highest BCUT2D eigenvalue weighted by Crippen LogP contribution is 2.12. The van der Waals surface area contributed by atoms with Crippen LogP contribution in [-0.2, 0) is 14.3 Å². The summed E-state index contributed by atoms with van der Waals surface area (Å²) in [6, 6.07) is 0. The largest absolute Gasteiger partial charge is 0.457 e. The number of hydrogen-bond donors (Lipinski definition) is 1. The molecule has 0 aliphatic carbocycles. The van der Waals surface area contributed by atoms with E-state index < -0.39 is 6.10 Å². The maximum absolute atomic E-state index is 11.8. The number of rotatable bonds is 23. The molecule has 0 spiro atoms. The molecule has 4 heteroatoms. The molecule has 0 aromatic carbocycles. The lowest BCUT2D eigenvalue weighted by molar-refractivity contribution is -0.154. The van der Waals surface area contributed by atoms with Crippen LogP contribution in [0.1, 0.15) is 129 Å². The lowest BCUT2D eigenvalue weighted by atomic mass is 10.1. The van der Waals surface area contributed by atoms with E-state index in [4.69, 9.17) is 9.47 Å². The topological polar surface area (TPSA) is 55.8 Å². The first-order valence-electron chi connectivity index (χ1n) is 12.6. The molecule has 0 aliphatic rings. The third-order valence-electron chi connectivity index (χ3n) is 5.43. The van der Waals surface area contributed by atoms with Crippen LogP contribution in [0.25, 0.3) is 0 Å². The van der Waals surface area contributed by atoms with Crippen molar-refractivity contribution >= 4 is 5.97 Å². The number of hydrogen-bond acceptors (Lipinski definition) is 4. The van der Waals surface area contributed by atoms with Gasteiger partial charge < -0.3 is 14.6 Å². The van der Waals surface area contributed by atoms with Crippen molar-refractivity contribution < 1.29 is 19.4 Å². The van der Waals surface area contributed by atoms with Crippen LogP contribution in [0.5, 0.6) is 0 Å². The van der Waals surface area contributed by atoms with Gasteiger partial charge in [0.1, 0.15) is 6.10 Å². The molecule has 0 radical (unpaired) electrons. The van der Waals surface area contributed by atoms with Crippen LogP contribution in [-0.4, -0.2) is 37.0 Å². The van der Waals surface area contributed by atoms with Gasteiger partial charge in [-0.05, 0) is 12.8 Å². The Morgan fingerprint density at radius 1 is 0.690 bits per heavy atom. The van der Waals surface area contributed by atoms with Crippen molar-refractivity contribution in [3.8, 4) is 0 Å². The summed E-state index contributed by atoms with van der Waals surface area (Å²) in [5.41, 5.74) is 0. The van der Waals surface area contributed by atoms with Crippen LogP contribution in [0.2, 0.25) is 0 Å². The first kappa shape index (κ1) is 28.4. The Hall–Kier alpha value is -0.610. The van der Waals surface area contributed by atoms with Gasteiger partial charge in [0, 0.05) is 13.0 Å². The highest BCUT2D eigenvalue weighted by Gasteiger charge is 2.13. The molecule has 0 aromatic rings. The Kier molecular flexibility index (Phi) is 23.2. The molecule has 0 rings (SSSR count). The quantitative estimate of drug-likeness (QED) is 0.145. The summed E-state index contributed by atoms with van der Waals surface area (Å²) in [5.74, 6) is -0.213. The van der Waals surface area contributed by atoms with Crippen LogP contribution < -0.4 is 0 Å². The summed E-state index contributed by atoms with van der Waals surface area (Å²) in [7, 11) is 0. The van der Waals surface area contributed by atoms with Crippen molar-refractivity contribution in [1.82, 2.24) is 0 Å². The average Bonchev–Trinajstić information content (AvgIpc) is 2.73. The van der Waals surface area contributed by atoms with Gasteiger partial charge in [-0.2, -0.15) is 0 Å². The van der Waals surface area contributed by atoms with Crippen LogP contribution in [0.15, 0.2) is 0 Å². The summed E-state index contributed by atoms with van der Waals surface area (Å²) < 4.78 is 10.9. The summed E-state index contributed by atoms with van der Waals surface area (Å²) in [6.07, 6.45) is 21.4. The lowest BCUT2D eigenvalue weighted by Gasteiger charge is -2.15. The van der Waals surface area contributed by atoms with E-state index in [-0.39, 0.29) is 12.6 Å². The molecular formula is C25H50O4. The number of aliphatic hydroxyl groups is 1. The van der Waals surface area contributed by atoms with Gasteiger partial charge in [-0.3, -0.25) is 4.79 Å². The fourth-order valence-corrected chi connectivity index (χ4v) is 3.50. The lowest BCUT2D eigenvalue weighted by Crippen LogP contribution is -2.27. The molecule has 1 atom stereocenters. The second kappa shape index (κ2) is 23.7. The normalized spacial score (nSPS) is 12.2. The van der Waals surface area contributed by atoms with Gasteiger partial charge in [-0.25, -0.2) is 0 Å². The van der Waals surface area contributed by atoms with Gasteiger partial charge in [-0.1, -0.05) is 110 Å². The van der Waals surface area contributed by atoms with Crippen molar-refractivity contribution in [2.24, 2.45) is 0 Å². The van der Waals surface area contributed by atoms with Crippen LogP contribution in [0, 0.1) is 0 Å². The number of ether oxygens (including phenoxy) is 2. The van der Waals surface area contributed by atoms with Gasteiger partial charge in [-0.15, -0.1) is 0 Å². The molecule has 0 saturated carbocycles. The zero-order valence-electron chi connectivity index (χ0n) is 19.6. The SMILES string of the molecule is CCCCCCCCCCCCCCOCC(CO)OC(=O)CCCCCCC. The standard InChI is InChI=1S/C25H50O4/c1-3-5-7-9-10-11-12-13-14-15-17-19-21-28-23-24(22-26)29-25(27)20-18-16-8-6-4-2/h24,26H,3-23H2,1-2H3. The molecule has 29 heavy (non-hydrogen) atoms. The molecule has 0 aliphatic heterocycles. The van der Waals surface area contributed by atoms with Crippen LogP contribution in [0.4, 0.5) is 0 Å². The van der Waals surface area contributed by atoms with Crippen molar-refractivity contribution in [3.63, 3.8) is 0 Å². The number of unbranched alkanes of at least 4 members (excludes halogenated alkanes) is 15. The molecule has 0 aromatic heterocycles. The first-order valence-corrected chi connectivity index (χ1v) is 12.6. The van der Waals surface area contributed by atoms with Crippen molar-refractivity contribution in [2.45, 2.75) is 136 Å². The summed E-state index contributed by atoms with van der Waals surface area (Å²) in [5, 5.41) is 9.36. The van der Waals surface area contributed by atoms with Gasteiger partial charge in [0.2, 0.25) is 0 Å². The highest BCUT2D eigenvalue weighted by atomic mass is 16.6. The molecule has 0 bridgehead atoms. The minimum Gasteiger partial charge on any atom is -0.457 e. The molecule has 1 unspecified atom stereocenters. The zero-order valence-corrected chi connectivity index (χ0v) is 19.6. The van der Waals surface area contributed by atoms with E-state index in [1.165, 1.54) is 89.9 Å². The minimum atomic E-state index is -0.518. The number of carbonyl (C=O) groups excluding carboxylic acids is 1. The minimum absolute atomic E-state index is 0.167. The first-order chi connectivity index (χ1) is 14.2. The highest BCUT2D eigenvalue weighted by molar-refractivity contribution is 5.69.